The Morgan fingerprint density at radius 3 is 2.42 bits per heavy atom. The Kier molecular flexibility index (Phi) is 1.76. The maximum atomic E-state index is 2.71. The van der Waals surface area contributed by atoms with Gasteiger partial charge in [0, 0.05) is 18.1 Å². The van der Waals surface area contributed by atoms with Crippen LogP contribution in [0.5, 0.6) is 0 Å². The molecule has 1 saturated carbocycles. The average Bonchev–Trinajstić information content (AvgIpc) is 2.61. The minimum Gasteiger partial charge on any atom is -0.295 e. The highest BCUT2D eigenvalue weighted by atomic mass is 15.3. The van der Waals surface area contributed by atoms with E-state index in [1.54, 1.807) is 0 Å². The van der Waals surface area contributed by atoms with Gasteiger partial charge in [-0.15, -0.1) is 0 Å². The number of fused-ring (bicyclic) bond motifs is 1. The van der Waals surface area contributed by atoms with Crippen LogP contribution < -0.4 is 0 Å². The van der Waals surface area contributed by atoms with Crippen LogP contribution in [0.15, 0.2) is 0 Å². The second kappa shape index (κ2) is 2.47. The van der Waals surface area contributed by atoms with Gasteiger partial charge >= 0.3 is 0 Å². The summed E-state index contributed by atoms with van der Waals surface area (Å²) in [5.74, 6) is 2.13. The van der Waals surface area contributed by atoms with Gasteiger partial charge in [-0.1, -0.05) is 6.92 Å². The molecule has 2 fully saturated rings. The minimum atomic E-state index is 0.397. The van der Waals surface area contributed by atoms with E-state index in [1.807, 2.05) is 0 Å². The van der Waals surface area contributed by atoms with Gasteiger partial charge in [0.15, 0.2) is 0 Å². The Hall–Kier alpha value is -0.0400. The van der Waals surface area contributed by atoms with E-state index < -0.39 is 0 Å². The lowest BCUT2D eigenvalue weighted by atomic mass is 10.0. The van der Waals surface area contributed by atoms with E-state index in [2.05, 4.69) is 32.6 Å². The summed E-state index contributed by atoms with van der Waals surface area (Å²) in [5.41, 5.74) is 0.397. The van der Waals surface area contributed by atoms with Crippen molar-refractivity contribution in [2.75, 3.05) is 6.54 Å². The Morgan fingerprint density at radius 2 is 2.00 bits per heavy atom. The van der Waals surface area contributed by atoms with Gasteiger partial charge in [0.2, 0.25) is 0 Å². The van der Waals surface area contributed by atoms with E-state index in [-0.39, 0.29) is 0 Å². The molecule has 70 valence electrons. The van der Waals surface area contributed by atoms with Crippen molar-refractivity contribution in [3.05, 3.63) is 0 Å². The Morgan fingerprint density at radius 1 is 1.33 bits per heavy atom. The Bertz CT molecular complexity index is 180. The topological polar surface area (TPSA) is 3.24 Å². The molecule has 0 spiro atoms. The van der Waals surface area contributed by atoms with Crippen molar-refractivity contribution < 1.29 is 0 Å². The van der Waals surface area contributed by atoms with Gasteiger partial charge in [0.25, 0.3) is 0 Å². The quantitative estimate of drug-likeness (QED) is 0.580. The third kappa shape index (κ3) is 1.19. The molecular formula is C11H21N. The molecule has 1 aliphatic carbocycles. The van der Waals surface area contributed by atoms with Crippen LogP contribution in [0.25, 0.3) is 0 Å². The zero-order chi connectivity index (χ0) is 8.93. The Balaban J connectivity index is 2.08. The van der Waals surface area contributed by atoms with Crippen molar-refractivity contribution in [1.29, 1.82) is 0 Å². The van der Waals surface area contributed by atoms with Gasteiger partial charge in [-0.3, -0.25) is 4.90 Å². The zero-order valence-electron chi connectivity index (χ0n) is 8.80. The fourth-order valence-corrected chi connectivity index (χ4v) is 2.87. The summed E-state index contributed by atoms with van der Waals surface area (Å²) < 4.78 is 0. The van der Waals surface area contributed by atoms with Crippen LogP contribution in [0.1, 0.15) is 40.5 Å². The van der Waals surface area contributed by atoms with Crippen LogP contribution in [0.4, 0.5) is 0 Å². The van der Waals surface area contributed by atoms with Crippen molar-refractivity contribution in [1.82, 2.24) is 4.90 Å². The molecule has 3 atom stereocenters. The molecular weight excluding hydrogens is 146 g/mol. The molecule has 0 N–H and O–H groups in total. The molecule has 0 unspecified atom stereocenters. The molecule has 0 aromatic heterocycles. The molecule has 0 bridgehead atoms. The third-order valence-corrected chi connectivity index (χ3v) is 3.58. The van der Waals surface area contributed by atoms with Crippen molar-refractivity contribution in [3.63, 3.8) is 0 Å². The van der Waals surface area contributed by atoms with Crippen molar-refractivity contribution in [3.8, 4) is 0 Å². The van der Waals surface area contributed by atoms with Crippen LogP contribution in [0, 0.1) is 11.8 Å². The smallest absolute Gasteiger partial charge is 0.0129 e. The molecule has 2 rings (SSSR count). The normalized spacial score (nSPS) is 41.5. The van der Waals surface area contributed by atoms with Crippen LogP contribution >= 0.6 is 0 Å². The average molecular weight is 167 g/mol. The minimum absolute atomic E-state index is 0.397. The van der Waals surface area contributed by atoms with Gasteiger partial charge in [-0.2, -0.15) is 0 Å². The molecule has 0 amide bonds. The monoisotopic (exact) mass is 167 g/mol. The lowest BCUT2D eigenvalue weighted by molar-refractivity contribution is 0.0971. The highest BCUT2D eigenvalue weighted by molar-refractivity contribution is 5.06. The van der Waals surface area contributed by atoms with Gasteiger partial charge in [0.1, 0.15) is 0 Å². The fourth-order valence-electron chi connectivity index (χ4n) is 2.87. The first-order valence-corrected chi connectivity index (χ1v) is 5.30. The van der Waals surface area contributed by atoms with E-state index in [0.717, 1.165) is 17.9 Å². The maximum absolute atomic E-state index is 2.71. The van der Waals surface area contributed by atoms with Crippen molar-refractivity contribution in [2.24, 2.45) is 11.8 Å². The van der Waals surface area contributed by atoms with E-state index in [4.69, 9.17) is 0 Å². The second-order valence-corrected chi connectivity index (χ2v) is 5.46. The van der Waals surface area contributed by atoms with Crippen molar-refractivity contribution >= 4 is 0 Å². The largest absolute Gasteiger partial charge is 0.295 e. The lowest BCUT2D eigenvalue weighted by Gasteiger charge is -2.38. The van der Waals surface area contributed by atoms with Crippen LogP contribution in [-0.4, -0.2) is 23.0 Å². The lowest BCUT2D eigenvalue weighted by Crippen LogP contribution is -2.46. The van der Waals surface area contributed by atoms with Crippen LogP contribution in [-0.2, 0) is 0 Å². The van der Waals surface area contributed by atoms with Gasteiger partial charge in [-0.25, -0.2) is 0 Å². The highest BCUT2D eigenvalue weighted by Gasteiger charge is 2.53. The highest BCUT2D eigenvalue weighted by Crippen LogP contribution is 2.52. The summed E-state index contributed by atoms with van der Waals surface area (Å²) >= 11 is 0. The maximum Gasteiger partial charge on any atom is 0.0129 e. The van der Waals surface area contributed by atoms with Gasteiger partial charge < -0.3 is 0 Å². The number of nitrogens with zero attached hydrogens (tertiary/aromatic N) is 1. The Labute approximate surface area is 76.1 Å². The summed E-state index contributed by atoms with van der Waals surface area (Å²) in [6.07, 6.45) is 2.86. The second-order valence-electron chi connectivity index (χ2n) is 5.46. The molecule has 1 heteroatoms. The number of hydrogen-bond donors (Lipinski definition) is 0. The number of hydrogen-bond acceptors (Lipinski definition) is 1. The van der Waals surface area contributed by atoms with E-state index in [1.165, 1.54) is 19.4 Å². The number of rotatable bonds is 1. The first-order valence-electron chi connectivity index (χ1n) is 5.30. The molecule has 0 aromatic rings. The standard InChI is InChI=1S/C11H21N/c1-5-10-9-6-8(9)7-12(10)11(2,3)4/h8-10H,5-7H2,1-4H3/t8-,9-,10-/m1/s1. The molecule has 2 aliphatic rings. The predicted molar refractivity (Wildman–Crippen MR) is 52.1 cm³/mol. The molecule has 1 heterocycles. The fraction of sp³-hybridized carbons (Fsp3) is 1.00. The summed E-state index contributed by atoms with van der Waals surface area (Å²) in [6, 6.07) is 0.898. The molecule has 12 heavy (non-hydrogen) atoms. The molecule has 1 nitrogen and oxygen atoms in total. The van der Waals surface area contributed by atoms with E-state index >= 15 is 0 Å². The van der Waals surface area contributed by atoms with Crippen LogP contribution in [0.2, 0.25) is 0 Å². The first kappa shape index (κ1) is 8.55. The van der Waals surface area contributed by atoms with Gasteiger partial charge in [0.05, 0.1) is 0 Å². The number of piperidine rings is 1. The molecule has 1 aliphatic heterocycles. The summed E-state index contributed by atoms with van der Waals surface area (Å²) in [6.45, 7) is 10.7. The SMILES string of the molecule is CC[C@@H]1[C@@H]2C[C@@H]2CN1C(C)(C)C. The van der Waals surface area contributed by atoms with Gasteiger partial charge in [-0.05, 0) is 45.4 Å². The van der Waals surface area contributed by atoms with E-state index in [0.29, 0.717) is 5.54 Å². The van der Waals surface area contributed by atoms with E-state index in [9.17, 15) is 0 Å². The molecule has 0 aromatic carbocycles. The third-order valence-electron chi connectivity index (χ3n) is 3.58. The predicted octanol–water partition coefficient (Wildman–Crippen LogP) is 2.52. The first-order chi connectivity index (χ1) is 5.54. The molecule has 0 radical (unpaired) electrons. The van der Waals surface area contributed by atoms with Crippen LogP contribution in [0.3, 0.4) is 0 Å². The van der Waals surface area contributed by atoms with Crippen molar-refractivity contribution in [2.45, 2.75) is 52.1 Å². The number of likely N-dealkylation sites (tertiary alicyclic amines) is 1. The summed E-state index contributed by atoms with van der Waals surface area (Å²) in [5, 5.41) is 0. The summed E-state index contributed by atoms with van der Waals surface area (Å²) in [7, 11) is 0. The molecule has 1 saturated heterocycles. The zero-order valence-corrected chi connectivity index (χ0v) is 8.80. The summed E-state index contributed by atoms with van der Waals surface area (Å²) in [4.78, 5) is 2.71.